The van der Waals surface area contributed by atoms with Gasteiger partial charge in [-0.1, -0.05) is 13.8 Å². The second kappa shape index (κ2) is 5.22. The Morgan fingerprint density at radius 3 is 2.68 bits per heavy atom. The van der Waals surface area contributed by atoms with Crippen molar-refractivity contribution in [3.63, 3.8) is 0 Å². The van der Waals surface area contributed by atoms with Gasteiger partial charge in [-0.05, 0) is 18.2 Å². The Labute approximate surface area is 110 Å². The molecule has 19 heavy (non-hydrogen) atoms. The van der Waals surface area contributed by atoms with Crippen LogP contribution in [0.5, 0.6) is 0 Å². The molecule has 0 unspecified atom stereocenters. The van der Waals surface area contributed by atoms with Crippen LogP contribution in [-0.2, 0) is 4.79 Å². The molecule has 0 aliphatic heterocycles. The summed E-state index contributed by atoms with van der Waals surface area (Å²) in [4.78, 5) is 26.6. The minimum Gasteiger partial charge on any atom is -0.481 e. The van der Waals surface area contributed by atoms with Crippen LogP contribution < -0.4 is 0 Å². The Hall–Kier alpha value is -2.17. The molecular formula is C14H15NO4. The molecule has 2 rings (SSSR count). The van der Waals surface area contributed by atoms with Crippen molar-refractivity contribution in [2.24, 2.45) is 0 Å². The van der Waals surface area contributed by atoms with Crippen LogP contribution >= 0.6 is 0 Å². The highest BCUT2D eigenvalue weighted by molar-refractivity contribution is 5.99. The molecule has 0 saturated carbocycles. The van der Waals surface area contributed by atoms with E-state index in [4.69, 9.17) is 9.52 Å². The van der Waals surface area contributed by atoms with E-state index in [9.17, 15) is 9.59 Å². The van der Waals surface area contributed by atoms with Gasteiger partial charge in [0.15, 0.2) is 17.3 Å². The molecule has 0 aliphatic rings. The first kappa shape index (κ1) is 13.3. The van der Waals surface area contributed by atoms with Crippen LogP contribution in [0.15, 0.2) is 22.6 Å². The molecule has 5 heteroatoms. The number of ketones is 1. The van der Waals surface area contributed by atoms with Crippen molar-refractivity contribution in [1.82, 2.24) is 4.98 Å². The maximum atomic E-state index is 11.8. The molecule has 0 saturated heterocycles. The number of carbonyl (C=O) groups is 2. The average molecular weight is 261 g/mol. The molecular weight excluding hydrogens is 246 g/mol. The monoisotopic (exact) mass is 261 g/mol. The van der Waals surface area contributed by atoms with Crippen molar-refractivity contribution in [1.29, 1.82) is 0 Å². The van der Waals surface area contributed by atoms with Crippen molar-refractivity contribution in [3.8, 4) is 0 Å². The summed E-state index contributed by atoms with van der Waals surface area (Å²) in [6.07, 6.45) is -0.170. The summed E-state index contributed by atoms with van der Waals surface area (Å²) < 4.78 is 5.57. The van der Waals surface area contributed by atoms with Crippen molar-refractivity contribution in [2.45, 2.75) is 32.6 Å². The zero-order valence-electron chi connectivity index (χ0n) is 10.8. The lowest BCUT2D eigenvalue weighted by molar-refractivity contribution is -0.136. The normalized spacial score (nSPS) is 11.1. The molecule has 0 radical (unpaired) electrons. The summed E-state index contributed by atoms with van der Waals surface area (Å²) in [5, 5.41) is 8.56. The Balaban J connectivity index is 2.25. The first-order valence-electron chi connectivity index (χ1n) is 6.13. The second-order valence-electron chi connectivity index (χ2n) is 4.71. The summed E-state index contributed by atoms with van der Waals surface area (Å²) in [6, 6.07) is 5.00. The third-order valence-electron chi connectivity index (χ3n) is 2.79. The zero-order chi connectivity index (χ0) is 14.0. The molecule has 0 fully saturated rings. The number of carboxylic acids is 1. The maximum absolute atomic E-state index is 11.8. The molecule has 1 N–H and O–H groups in total. The van der Waals surface area contributed by atoms with Gasteiger partial charge in [-0.15, -0.1) is 0 Å². The topological polar surface area (TPSA) is 80.4 Å². The van der Waals surface area contributed by atoms with Gasteiger partial charge in [-0.2, -0.15) is 0 Å². The zero-order valence-corrected chi connectivity index (χ0v) is 10.8. The number of hydrogen-bond donors (Lipinski definition) is 1. The molecule has 1 heterocycles. The summed E-state index contributed by atoms with van der Waals surface area (Å²) in [7, 11) is 0. The summed E-state index contributed by atoms with van der Waals surface area (Å²) in [6.45, 7) is 3.95. The number of nitrogens with zero attached hydrogens (tertiary/aromatic N) is 1. The van der Waals surface area contributed by atoms with Gasteiger partial charge in [-0.3, -0.25) is 9.59 Å². The lowest BCUT2D eigenvalue weighted by Gasteiger charge is -1.98. The van der Waals surface area contributed by atoms with Crippen molar-refractivity contribution in [3.05, 3.63) is 29.7 Å². The number of Topliss-reactive ketones (excluding diaryl/α,β-unsaturated/α-hetero) is 1. The molecule has 0 atom stereocenters. The molecule has 0 amide bonds. The highest BCUT2D eigenvalue weighted by atomic mass is 16.4. The van der Waals surface area contributed by atoms with E-state index in [0.29, 0.717) is 22.6 Å². The molecule has 1 aromatic heterocycles. The number of aliphatic carboxylic acids is 1. The predicted molar refractivity (Wildman–Crippen MR) is 69.3 cm³/mol. The van der Waals surface area contributed by atoms with Crippen LogP contribution in [-0.4, -0.2) is 21.8 Å². The molecule has 0 aliphatic carbocycles. The van der Waals surface area contributed by atoms with Crippen molar-refractivity contribution < 1.29 is 19.1 Å². The van der Waals surface area contributed by atoms with Crippen LogP contribution in [0.3, 0.4) is 0 Å². The number of aromatic nitrogens is 1. The Bertz CT molecular complexity index is 627. The van der Waals surface area contributed by atoms with Gasteiger partial charge in [-0.25, -0.2) is 4.98 Å². The van der Waals surface area contributed by atoms with E-state index in [1.54, 1.807) is 18.2 Å². The number of oxazole rings is 1. The van der Waals surface area contributed by atoms with E-state index < -0.39 is 5.97 Å². The number of benzene rings is 1. The predicted octanol–water partition coefficient (Wildman–Crippen LogP) is 3.00. The second-order valence-corrected chi connectivity index (χ2v) is 4.71. The van der Waals surface area contributed by atoms with E-state index >= 15 is 0 Å². The number of carbonyl (C=O) groups excluding carboxylic acids is 1. The summed E-state index contributed by atoms with van der Waals surface area (Å²) >= 11 is 0. The van der Waals surface area contributed by atoms with Crippen molar-refractivity contribution >= 4 is 22.9 Å². The van der Waals surface area contributed by atoms with Crippen LogP contribution in [0.25, 0.3) is 11.1 Å². The third kappa shape index (κ3) is 2.99. The minimum absolute atomic E-state index is 0.00792. The van der Waals surface area contributed by atoms with E-state index in [2.05, 4.69) is 4.98 Å². The van der Waals surface area contributed by atoms with Crippen molar-refractivity contribution in [2.75, 3.05) is 0 Å². The van der Waals surface area contributed by atoms with Gasteiger partial charge in [0, 0.05) is 17.9 Å². The lowest BCUT2D eigenvalue weighted by Crippen LogP contribution is -2.03. The van der Waals surface area contributed by atoms with Gasteiger partial charge in [0.25, 0.3) is 0 Å². The molecule has 0 spiro atoms. The number of rotatable bonds is 5. The first-order valence-corrected chi connectivity index (χ1v) is 6.13. The van der Waals surface area contributed by atoms with E-state index in [0.717, 1.165) is 0 Å². The standard InChI is InChI=1S/C14H15NO4/c1-8(2)14-15-10-4-3-9(7-12(10)19-14)11(16)5-6-13(17)18/h3-4,7-8H,5-6H2,1-2H3,(H,17,18). The number of fused-ring (bicyclic) bond motifs is 1. The highest BCUT2D eigenvalue weighted by Gasteiger charge is 2.13. The first-order chi connectivity index (χ1) is 8.97. The molecule has 1 aromatic carbocycles. The van der Waals surface area contributed by atoms with Gasteiger partial charge >= 0.3 is 5.97 Å². The van der Waals surface area contributed by atoms with E-state index in [1.165, 1.54) is 0 Å². The number of carboxylic acid groups (broad SMARTS) is 1. The van der Waals surface area contributed by atoms with Crippen LogP contribution in [0.2, 0.25) is 0 Å². The molecule has 0 bridgehead atoms. The van der Waals surface area contributed by atoms with Crippen LogP contribution in [0.1, 0.15) is 48.9 Å². The highest BCUT2D eigenvalue weighted by Crippen LogP contribution is 2.22. The molecule has 5 nitrogen and oxygen atoms in total. The van der Waals surface area contributed by atoms with Gasteiger partial charge in [0.2, 0.25) is 0 Å². The molecule has 100 valence electrons. The van der Waals surface area contributed by atoms with E-state index in [1.807, 2.05) is 13.8 Å². The SMILES string of the molecule is CC(C)c1nc2ccc(C(=O)CCC(=O)O)cc2o1. The van der Waals surface area contributed by atoms with Crippen LogP contribution in [0, 0.1) is 0 Å². The maximum Gasteiger partial charge on any atom is 0.303 e. The van der Waals surface area contributed by atoms with Crippen LogP contribution in [0.4, 0.5) is 0 Å². The fraction of sp³-hybridized carbons (Fsp3) is 0.357. The van der Waals surface area contributed by atoms with Gasteiger partial charge < -0.3 is 9.52 Å². The quantitative estimate of drug-likeness (QED) is 0.837. The minimum atomic E-state index is -0.976. The van der Waals surface area contributed by atoms with E-state index in [-0.39, 0.29) is 24.5 Å². The van der Waals surface area contributed by atoms with Gasteiger partial charge in [0.1, 0.15) is 5.52 Å². The Morgan fingerprint density at radius 2 is 2.05 bits per heavy atom. The fourth-order valence-electron chi connectivity index (χ4n) is 1.73. The third-order valence-corrected chi connectivity index (χ3v) is 2.79. The number of hydrogen-bond acceptors (Lipinski definition) is 4. The molecule has 2 aromatic rings. The average Bonchev–Trinajstić information content (AvgIpc) is 2.78. The Kier molecular flexibility index (Phi) is 3.64. The lowest BCUT2D eigenvalue weighted by atomic mass is 10.1. The fourth-order valence-corrected chi connectivity index (χ4v) is 1.73. The smallest absolute Gasteiger partial charge is 0.303 e. The van der Waals surface area contributed by atoms with Gasteiger partial charge in [0.05, 0.1) is 6.42 Å². The summed E-state index contributed by atoms with van der Waals surface area (Å²) in [5.41, 5.74) is 1.73. The Morgan fingerprint density at radius 1 is 1.32 bits per heavy atom. The largest absolute Gasteiger partial charge is 0.481 e. The summed E-state index contributed by atoms with van der Waals surface area (Å²) in [5.74, 6) is -0.369.